The van der Waals surface area contributed by atoms with E-state index >= 15 is 0 Å². The molecular formula is C8H6BrN5Se. The normalized spacial score (nSPS) is 9.27. The Hall–Kier alpha value is -1.27. The van der Waals surface area contributed by atoms with Crippen molar-refractivity contribution in [2.24, 2.45) is 0 Å². The summed E-state index contributed by atoms with van der Waals surface area (Å²) in [5, 5.41) is 17.7. The fraction of sp³-hybridized carbons (Fsp3) is 0.125. The van der Waals surface area contributed by atoms with Crippen molar-refractivity contribution in [3.05, 3.63) is 10.0 Å². The number of nitrogen functional groups attached to an aromatic ring is 2. The molecule has 7 heteroatoms. The topological polar surface area (TPSA) is 113 Å². The van der Waals surface area contributed by atoms with Crippen molar-refractivity contribution in [2.45, 2.75) is 5.32 Å². The van der Waals surface area contributed by atoms with Crippen LogP contribution in [0.15, 0.2) is 4.47 Å². The van der Waals surface area contributed by atoms with Gasteiger partial charge < -0.3 is 0 Å². The van der Waals surface area contributed by atoms with Gasteiger partial charge in [0.1, 0.15) is 0 Å². The molecule has 0 unspecified atom stereocenters. The third kappa shape index (κ3) is 2.40. The Bertz CT molecular complexity index is 473. The molecule has 5 nitrogen and oxygen atoms in total. The van der Waals surface area contributed by atoms with Crippen molar-refractivity contribution in [3.8, 4) is 12.1 Å². The number of hydrogen-bond donors (Lipinski definition) is 2. The molecule has 0 aliphatic rings. The van der Waals surface area contributed by atoms with Gasteiger partial charge >= 0.3 is 101 Å². The maximum atomic E-state index is 8.91. The molecule has 0 atom stereocenters. The summed E-state index contributed by atoms with van der Waals surface area (Å²) in [5.74, 6) is 0.251. The molecular weight excluding hydrogens is 325 g/mol. The van der Waals surface area contributed by atoms with E-state index in [9.17, 15) is 0 Å². The van der Waals surface area contributed by atoms with E-state index in [1.807, 2.05) is 12.1 Å². The molecule has 0 spiro atoms. The quantitative estimate of drug-likeness (QED) is 0.749. The van der Waals surface area contributed by atoms with Gasteiger partial charge in [0.15, 0.2) is 0 Å². The molecule has 0 fully saturated rings. The summed E-state index contributed by atoms with van der Waals surface area (Å²) in [5.41, 5.74) is 11.9. The Morgan fingerprint density at radius 1 is 1.40 bits per heavy atom. The van der Waals surface area contributed by atoms with Gasteiger partial charge in [-0.05, 0) is 0 Å². The third-order valence-corrected chi connectivity index (χ3v) is 4.15. The summed E-state index contributed by atoms with van der Waals surface area (Å²) in [6.07, 6.45) is 0. The van der Waals surface area contributed by atoms with Crippen LogP contribution in [0.3, 0.4) is 0 Å². The van der Waals surface area contributed by atoms with Crippen molar-refractivity contribution in [1.29, 1.82) is 10.5 Å². The molecule has 0 saturated carbocycles. The molecule has 4 N–H and O–H groups in total. The molecule has 0 aliphatic heterocycles. The first-order chi connectivity index (χ1) is 7.11. The van der Waals surface area contributed by atoms with Crippen LogP contribution in [0.4, 0.5) is 11.5 Å². The standard InChI is InChI=1S/C8H6BrN5Se/c9-5-6(12)4(3-11)8(14-7(5)13)15-2-1-10/h2H2,(H4,12,13,14). The molecule has 0 radical (unpaired) electrons. The van der Waals surface area contributed by atoms with Crippen molar-refractivity contribution in [2.75, 3.05) is 11.5 Å². The van der Waals surface area contributed by atoms with Crippen molar-refractivity contribution in [3.63, 3.8) is 0 Å². The molecule has 0 saturated heterocycles. The van der Waals surface area contributed by atoms with E-state index in [2.05, 4.69) is 20.9 Å². The zero-order valence-electron chi connectivity index (χ0n) is 7.49. The molecule has 0 amide bonds. The van der Waals surface area contributed by atoms with Gasteiger partial charge in [-0.3, -0.25) is 0 Å². The maximum absolute atomic E-state index is 8.91. The molecule has 76 valence electrons. The van der Waals surface area contributed by atoms with Gasteiger partial charge in [0, 0.05) is 0 Å². The third-order valence-electron chi connectivity index (χ3n) is 1.55. The Kier molecular flexibility index (Phi) is 3.93. The van der Waals surface area contributed by atoms with E-state index in [0.29, 0.717) is 25.6 Å². The van der Waals surface area contributed by atoms with Gasteiger partial charge in [0.25, 0.3) is 0 Å². The molecule has 0 aliphatic carbocycles. The second kappa shape index (κ2) is 4.99. The van der Waals surface area contributed by atoms with Crippen molar-refractivity contribution < 1.29 is 0 Å². The summed E-state index contributed by atoms with van der Waals surface area (Å²) in [7, 11) is 0. The molecule has 15 heavy (non-hydrogen) atoms. The van der Waals surface area contributed by atoms with Gasteiger partial charge in [-0.25, -0.2) is 0 Å². The number of nitriles is 2. The first kappa shape index (κ1) is 11.8. The molecule has 1 aromatic heterocycles. The minimum absolute atomic E-state index is 0.192. The summed E-state index contributed by atoms with van der Waals surface area (Å²) in [4.78, 5) is 4.05. The Labute approximate surface area is 101 Å². The predicted octanol–water partition coefficient (Wildman–Crippen LogP) is 0.152. The first-order valence-electron chi connectivity index (χ1n) is 3.76. The zero-order valence-corrected chi connectivity index (χ0v) is 10.8. The van der Waals surface area contributed by atoms with E-state index in [1.165, 1.54) is 0 Å². The number of nitrogens with zero attached hydrogens (tertiary/aromatic N) is 3. The van der Waals surface area contributed by atoms with Crippen LogP contribution in [-0.2, 0) is 0 Å². The number of pyridine rings is 1. The SMILES string of the molecule is N#CC[Se]c1nc(N)c(Br)c(N)c1C#N. The Balaban J connectivity index is 3.29. The number of rotatable bonds is 2. The number of nitrogens with two attached hydrogens (primary N) is 2. The number of aromatic nitrogens is 1. The molecule has 0 bridgehead atoms. The number of halogens is 1. The van der Waals surface area contributed by atoms with E-state index in [-0.39, 0.29) is 20.8 Å². The van der Waals surface area contributed by atoms with Crippen LogP contribution in [0, 0.1) is 22.7 Å². The summed E-state index contributed by atoms with van der Waals surface area (Å²) < 4.78 is 0.973. The summed E-state index contributed by atoms with van der Waals surface area (Å²) >= 11 is 2.96. The molecule has 1 heterocycles. The van der Waals surface area contributed by atoms with Crippen molar-refractivity contribution >= 4 is 47.0 Å². The second-order valence-corrected chi connectivity index (χ2v) is 5.28. The average molecular weight is 331 g/mol. The van der Waals surface area contributed by atoms with Gasteiger partial charge in [0.05, 0.1) is 0 Å². The monoisotopic (exact) mass is 331 g/mol. The predicted molar refractivity (Wildman–Crippen MR) is 61.3 cm³/mol. The van der Waals surface area contributed by atoms with Crippen LogP contribution in [0.2, 0.25) is 5.32 Å². The zero-order chi connectivity index (χ0) is 11.4. The second-order valence-electron chi connectivity index (χ2n) is 2.46. The molecule has 1 aromatic rings. The van der Waals surface area contributed by atoms with E-state index in [4.69, 9.17) is 22.0 Å². The van der Waals surface area contributed by atoms with Gasteiger partial charge in [0.2, 0.25) is 0 Å². The first-order valence-corrected chi connectivity index (χ1v) is 6.62. The molecule has 0 aromatic carbocycles. The average Bonchev–Trinajstić information content (AvgIpc) is 2.23. The van der Waals surface area contributed by atoms with Crippen LogP contribution < -0.4 is 16.1 Å². The van der Waals surface area contributed by atoms with E-state index in [0.717, 1.165) is 0 Å². The van der Waals surface area contributed by atoms with Crippen LogP contribution in [0.5, 0.6) is 0 Å². The van der Waals surface area contributed by atoms with Crippen LogP contribution >= 0.6 is 15.9 Å². The van der Waals surface area contributed by atoms with Gasteiger partial charge in [-0.15, -0.1) is 0 Å². The summed E-state index contributed by atoms with van der Waals surface area (Å²) in [6, 6.07) is 3.98. The van der Waals surface area contributed by atoms with Crippen molar-refractivity contribution in [1.82, 2.24) is 4.98 Å². The van der Waals surface area contributed by atoms with E-state index in [1.54, 1.807) is 0 Å². The summed E-state index contributed by atoms with van der Waals surface area (Å²) in [6.45, 7) is 0. The van der Waals surface area contributed by atoms with E-state index < -0.39 is 0 Å². The van der Waals surface area contributed by atoms with Gasteiger partial charge in [-0.2, -0.15) is 0 Å². The van der Waals surface area contributed by atoms with Crippen LogP contribution in [0.1, 0.15) is 5.56 Å². The fourth-order valence-electron chi connectivity index (χ4n) is 0.890. The van der Waals surface area contributed by atoms with Crippen LogP contribution in [0.25, 0.3) is 0 Å². The van der Waals surface area contributed by atoms with Gasteiger partial charge in [-0.1, -0.05) is 0 Å². The Morgan fingerprint density at radius 2 is 2.07 bits per heavy atom. The van der Waals surface area contributed by atoms with Crippen LogP contribution in [-0.4, -0.2) is 19.9 Å². The fourth-order valence-corrected chi connectivity index (χ4v) is 2.57. The number of hydrogen-bond acceptors (Lipinski definition) is 5. The Morgan fingerprint density at radius 3 is 2.60 bits per heavy atom. The molecule has 1 rings (SSSR count). The minimum atomic E-state index is -0.192. The number of anilines is 2.